The summed E-state index contributed by atoms with van der Waals surface area (Å²) in [6.45, 7) is 9.89. The Balaban J connectivity index is 5.11. The Morgan fingerprint density at radius 1 is 1.21 bits per heavy atom. The summed E-state index contributed by atoms with van der Waals surface area (Å²) in [5.41, 5.74) is 4.98. The molecule has 0 unspecified atom stereocenters. The van der Waals surface area contributed by atoms with E-state index in [0.29, 0.717) is 38.2 Å². The molecular formula is C18H38BN5O4. The van der Waals surface area contributed by atoms with Crippen molar-refractivity contribution < 1.29 is 19.6 Å². The second-order valence-corrected chi connectivity index (χ2v) is 8.10. The maximum absolute atomic E-state index is 12.8. The molecule has 0 aliphatic rings. The standard InChI is InChI=1S/C18H38BN5O4/c1-7-18(4,5)16(26)23-13(9-8-10-22-17(20)21-6)15(25)24-14(19(27)28)11-12(2)3/h12-14,27-28H,7-11H2,1-6H3,(H,23,26)(H,24,25)(H3,20,21,22)/t13-,14-/m0/s1. The van der Waals surface area contributed by atoms with Gasteiger partial charge in [0, 0.05) is 19.0 Å². The first-order valence-electron chi connectivity index (χ1n) is 9.88. The van der Waals surface area contributed by atoms with Crippen LogP contribution >= 0.6 is 0 Å². The van der Waals surface area contributed by atoms with Gasteiger partial charge >= 0.3 is 7.12 Å². The Labute approximate surface area is 169 Å². The van der Waals surface area contributed by atoms with Gasteiger partial charge in [-0.05, 0) is 31.6 Å². The normalized spacial score (nSPS) is 14.4. The van der Waals surface area contributed by atoms with Crippen molar-refractivity contribution in [3.63, 3.8) is 0 Å². The number of carbonyl (C=O) groups excluding carboxylic acids is 2. The number of rotatable bonds is 12. The van der Waals surface area contributed by atoms with Crippen LogP contribution in [0.4, 0.5) is 0 Å². The molecule has 9 nitrogen and oxygen atoms in total. The van der Waals surface area contributed by atoms with Gasteiger partial charge in [-0.25, -0.2) is 0 Å². The number of amides is 2. The van der Waals surface area contributed by atoms with Gasteiger partial charge in [0.15, 0.2) is 5.96 Å². The van der Waals surface area contributed by atoms with Crippen LogP contribution in [0.2, 0.25) is 0 Å². The molecule has 0 aromatic carbocycles. The van der Waals surface area contributed by atoms with E-state index in [9.17, 15) is 19.6 Å². The Kier molecular flexibility index (Phi) is 11.8. The van der Waals surface area contributed by atoms with Crippen molar-refractivity contribution in [2.24, 2.45) is 22.1 Å². The molecule has 0 aromatic heterocycles. The highest BCUT2D eigenvalue weighted by Gasteiger charge is 2.32. The molecule has 0 aliphatic heterocycles. The number of carbonyl (C=O) groups is 2. The SMILES string of the molecule is CCC(C)(C)C(=O)N[C@@H](CCCNC(N)=NC)C(=O)N[C@@H](CC(C)C)B(O)O. The minimum absolute atomic E-state index is 0.166. The largest absolute Gasteiger partial charge is 0.475 e. The maximum atomic E-state index is 12.8. The maximum Gasteiger partial charge on any atom is 0.475 e. The van der Waals surface area contributed by atoms with Gasteiger partial charge in [-0.15, -0.1) is 0 Å². The van der Waals surface area contributed by atoms with E-state index in [4.69, 9.17) is 5.73 Å². The predicted octanol–water partition coefficient (Wildman–Crippen LogP) is -0.235. The van der Waals surface area contributed by atoms with E-state index in [1.165, 1.54) is 0 Å². The molecule has 0 heterocycles. The van der Waals surface area contributed by atoms with E-state index in [1.807, 2.05) is 34.6 Å². The molecule has 0 aliphatic carbocycles. The van der Waals surface area contributed by atoms with Crippen LogP contribution in [0.5, 0.6) is 0 Å². The third-order valence-electron chi connectivity index (χ3n) is 4.75. The van der Waals surface area contributed by atoms with Crippen molar-refractivity contribution >= 4 is 24.9 Å². The fourth-order valence-corrected chi connectivity index (χ4v) is 2.43. The molecule has 0 bridgehead atoms. The molecule has 0 saturated heterocycles. The van der Waals surface area contributed by atoms with E-state index in [0.717, 1.165) is 0 Å². The molecule has 28 heavy (non-hydrogen) atoms. The van der Waals surface area contributed by atoms with E-state index in [-0.39, 0.29) is 11.8 Å². The summed E-state index contributed by atoms with van der Waals surface area (Å²) < 4.78 is 0. The number of hydrogen-bond donors (Lipinski definition) is 6. The van der Waals surface area contributed by atoms with E-state index < -0.39 is 30.4 Å². The summed E-state index contributed by atoms with van der Waals surface area (Å²) in [7, 11) is -0.0993. The van der Waals surface area contributed by atoms with Gasteiger partial charge in [0.1, 0.15) is 6.04 Å². The molecule has 0 radical (unpaired) electrons. The minimum Gasteiger partial charge on any atom is -0.426 e. The first kappa shape index (κ1) is 26.2. The highest BCUT2D eigenvalue weighted by atomic mass is 16.4. The summed E-state index contributed by atoms with van der Waals surface area (Å²) in [6, 6.07) is -0.784. The molecule has 0 rings (SSSR count). The summed E-state index contributed by atoms with van der Waals surface area (Å²) in [5.74, 6) is -0.983. The third kappa shape index (κ3) is 9.94. The summed E-state index contributed by atoms with van der Waals surface area (Å²) >= 11 is 0. The van der Waals surface area contributed by atoms with Crippen molar-refractivity contribution in [3.8, 4) is 0 Å². The Bertz CT molecular complexity index is 526. The fraction of sp³-hybridized carbons (Fsp3) is 0.833. The molecule has 162 valence electrons. The summed E-state index contributed by atoms with van der Waals surface area (Å²) in [4.78, 5) is 29.1. The second kappa shape index (κ2) is 12.6. The van der Waals surface area contributed by atoms with Gasteiger partial charge in [-0.2, -0.15) is 0 Å². The van der Waals surface area contributed by atoms with Crippen LogP contribution < -0.4 is 21.7 Å². The Morgan fingerprint density at radius 2 is 1.82 bits per heavy atom. The molecular weight excluding hydrogens is 361 g/mol. The predicted molar refractivity (Wildman–Crippen MR) is 112 cm³/mol. The lowest BCUT2D eigenvalue weighted by Gasteiger charge is -2.28. The van der Waals surface area contributed by atoms with Crippen LogP contribution in [-0.2, 0) is 9.59 Å². The number of guanidine groups is 1. The van der Waals surface area contributed by atoms with Crippen molar-refractivity contribution in [2.45, 2.75) is 72.3 Å². The lowest BCUT2D eigenvalue weighted by atomic mass is 9.75. The zero-order chi connectivity index (χ0) is 21.9. The molecule has 7 N–H and O–H groups in total. The van der Waals surface area contributed by atoms with E-state index in [1.54, 1.807) is 7.05 Å². The number of hydrogen-bond acceptors (Lipinski definition) is 5. The zero-order valence-corrected chi connectivity index (χ0v) is 18.1. The highest BCUT2D eigenvalue weighted by molar-refractivity contribution is 6.43. The van der Waals surface area contributed by atoms with Crippen molar-refractivity contribution in [3.05, 3.63) is 0 Å². The number of nitrogens with one attached hydrogen (secondary N) is 3. The van der Waals surface area contributed by atoms with Crippen LogP contribution in [0.25, 0.3) is 0 Å². The van der Waals surface area contributed by atoms with Crippen LogP contribution in [0.3, 0.4) is 0 Å². The van der Waals surface area contributed by atoms with Gasteiger partial charge in [-0.3, -0.25) is 14.6 Å². The van der Waals surface area contributed by atoms with E-state index >= 15 is 0 Å². The van der Waals surface area contributed by atoms with Crippen LogP contribution in [0.15, 0.2) is 4.99 Å². The van der Waals surface area contributed by atoms with Gasteiger partial charge in [0.25, 0.3) is 0 Å². The second-order valence-electron chi connectivity index (χ2n) is 8.10. The zero-order valence-electron chi connectivity index (χ0n) is 18.1. The molecule has 0 aromatic rings. The van der Waals surface area contributed by atoms with Crippen molar-refractivity contribution in [2.75, 3.05) is 13.6 Å². The summed E-state index contributed by atoms with van der Waals surface area (Å²) in [6.07, 6.45) is 1.98. The average molecular weight is 399 g/mol. The fourth-order valence-electron chi connectivity index (χ4n) is 2.43. The highest BCUT2D eigenvalue weighted by Crippen LogP contribution is 2.20. The van der Waals surface area contributed by atoms with Crippen LogP contribution in [-0.4, -0.2) is 60.5 Å². The van der Waals surface area contributed by atoms with Gasteiger partial charge in [-0.1, -0.05) is 34.6 Å². The summed E-state index contributed by atoms with van der Waals surface area (Å²) in [5, 5.41) is 27.5. The Hall–Kier alpha value is -1.81. The number of nitrogens with two attached hydrogens (primary N) is 1. The lowest BCUT2D eigenvalue weighted by molar-refractivity contribution is -0.134. The van der Waals surface area contributed by atoms with Crippen molar-refractivity contribution in [1.82, 2.24) is 16.0 Å². The minimum atomic E-state index is -1.67. The number of aliphatic imine (C=N–C) groups is 1. The quantitative estimate of drug-likeness (QED) is 0.115. The average Bonchev–Trinajstić information content (AvgIpc) is 2.62. The molecule has 0 spiro atoms. The number of nitrogens with zero attached hydrogens (tertiary/aromatic N) is 1. The smallest absolute Gasteiger partial charge is 0.426 e. The van der Waals surface area contributed by atoms with Gasteiger partial charge in [0.05, 0.1) is 5.94 Å². The lowest BCUT2D eigenvalue weighted by Crippen LogP contribution is -2.55. The molecule has 2 atom stereocenters. The van der Waals surface area contributed by atoms with Crippen LogP contribution in [0, 0.1) is 11.3 Å². The van der Waals surface area contributed by atoms with Crippen LogP contribution in [0.1, 0.15) is 60.3 Å². The van der Waals surface area contributed by atoms with Crippen molar-refractivity contribution in [1.29, 1.82) is 0 Å². The molecule has 0 saturated carbocycles. The molecule has 0 fully saturated rings. The van der Waals surface area contributed by atoms with E-state index in [2.05, 4.69) is 20.9 Å². The first-order valence-corrected chi connectivity index (χ1v) is 9.88. The first-order chi connectivity index (χ1) is 12.9. The Morgan fingerprint density at radius 3 is 2.29 bits per heavy atom. The van der Waals surface area contributed by atoms with Gasteiger partial charge in [0.2, 0.25) is 11.8 Å². The van der Waals surface area contributed by atoms with Gasteiger partial charge < -0.3 is 31.7 Å². The monoisotopic (exact) mass is 399 g/mol. The molecule has 2 amide bonds. The molecule has 10 heteroatoms. The topological polar surface area (TPSA) is 149 Å². The third-order valence-corrected chi connectivity index (χ3v) is 4.75.